The Labute approximate surface area is 145 Å². The van der Waals surface area contributed by atoms with Crippen LogP contribution in [-0.2, 0) is 29.0 Å². The van der Waals surface area contributed by atoms with E-state index in [1.165, 1.54) is 0 Å². The molecular weight excluding hydrogens is 364 g/mol. The maximum Gasteiger partial charge on any atom is 0.373 e. The Morgan fingerprint density at radius 1 is 1.38 bits per heavy atom. The number of hydrogen-bond acceptors (Lipinski definition) is 7. The molecule has 1 saturated heterocycles. The molecule has 138 valence electrons. The molecular formula is C13H21ClN2O7S. The average molecular weight is 385 g/mol. The van der Waals surface area contributed by atoms with Crippen molar-refractivity contribution in [2.24, 2.45) is 17.6 Å². The molecule has 0 spiro atoms. The normalized spacial score (nSPS) is 29.8. The van der Waals surface area contributed by atoms with E-state index in [1.54, 1.807) is 0 Å². The number of sulfone groups is 1. The van der Waals surface area contributed by atoms with E-state index in [0.717, 1.165) is 0 Å². The van der Waals surface area contributed by atoms with Crippen LogP contribution in [0.4, 0.5) is 0 Å². The van der Waals surface area contributed by atoms with Gasteiger partial charge in [0.05, 0.1) is 17.0 Å². The van der Waals surface area contributed by atoms with Crippen molar-refractivity contribution in [3.05, 3.63) is 0 Å². The minimum absolute atomic E-state index is 0. The quantitative estimate of drug-likeness (QED) is 0.541. The number of aliphatic carboxylic acids is 1. The van der Waals surface area contributed by atoms with Gasteiger partial charge in [-0.05, 0) is 18.8 Å². The zero-order valence-corrected chi connectivity index (χ0v) is 14.9. The van der Waals surface area contributed by atoms with Crippen molar-refractivity contribution < 1.29 is 32.7 Å². The average Bonchev–Trinajstić information content (AvgIpc) is 3.14. The first kappa shape index (κ1) is 22.5. The zero-order chi connectivity index (χ0) is 18.0. The summed E-state index contributed by atoms with van der Waals surface area (Å²) in [6.07, 6.45) is 0.969. The van der Waals surface area contributed by atoms with Crippen LogP contribution in [0.25, 0.3) is 0 Å². The molecule has 1 aliphatic heterocycles. The van der Waals surface area contributed by atoms with E-state index < -0.39 is 50.2 Å². The van der Waals surface area contributed by atoms with Gasteiger partial charge in [0.1, 0.15) is 0 Å². The van der Waals surface area contributed by atoms with Gasteiger partial charge in [0.2, 0.25) is 5.91 Å². The van der Waals surface area contributed by atoms with E-state index in [0.29, 0.717) is 12.8 Å². The van der Waals surface area contributed by atoms with Crippen LogP contribution in [0.15, 0.2) is 0 Å². The summed E-state index contributed by atoms with van der Waals surface area (Å²) in [5.74, 6) is -2.76. The second kappa shape index (κ2) is 8.06. The van der Waals surface area contributed by atoms with Crippen LogP contribution in [0, 0.1) is 11.8 Å². The number of nitrogens with two attached hydrogens (primary N) is 1. The summed E-state index contributed by atoms with van der Waals surface area (Å²) in [5.41, 5.74) is 4.03. The molecule has 0 aromatic heterocycles. The summed E-state index contributed by atoms with van der Waals surface area (Å²) in [7, 11) is -3.43. The Hall–Kier alpha value is -1.48. The van der Waals surface area contributed by atoms with Crippen molar-refractivity contribution in [3.63, 3.8) is 0 Å². The molecule has 0 unspecified atom stereocenters. The number of halogens is 1. The molecule has 24 heavy (non-hydrogen) atoms. The third-order valence-electron chi connectivity index (χ3n) is 4.05. The molecule has 1 aliphatic carbocycles. The van der Waals surface area contributed by atoms with Crippen LogP contribution >= 0.6 is 12.4 Å². The van der Waals surface area contributed by atoms with Gasteiger partial charge in [0, 0.05) is 5.92 Å². The largest absolute Gasteiger partial charge is 0.479 e. The molecule has 4 atom stereocenters. The lowest BCUT2D eigenvalue weighted by molar-refractivity contribution is -0.191. The Kier molecular flexibility index (Phi) is 7.57. The van der Waals surface area contributed by atoms with Gasteiger partial charge in [-0.3, -0.25) is 4.79 Å². The lowest BCUT2D eigenvalue weighted by Gasteiger charge is -2.28. The lowest BCUT2D eigenvalue weighted by Crippen LogP contribution is -2.61. The fraction of sp³-hybridized carbons (Fsp3) is 0.769. The van der Waals surface area contributed by atoms with Gasteiger partial charge in [-0.15, -0.1) is 12.4 Å². The highest BCUT2D eigenvalue weighted by molar-refractivity contribution is 7.92. The van der Waals surface area contributed by atoms with E-state index in [1.807, 2.05) is 13.8 Å². The molecule has 2 aliphatic rings. The number of carbonyl (C=O) groups excluding carboxylic acids is 3. The van der Waals surface area contributed by atoms with Crippen LogP contribution in [0.3, 0.4) is 0 Å². The molecule has 4 N–H and O–H groups in total. The maximum absolute atomic E-state index is 12.0. The minimum atomic E-state index is -3.43. The first-order valence-corrected chi connectivity index (χ1v) is 8.75. The Morgan fingerprint density at radius 2 is 1.88 bits per heavy atom. The van der Waals surface area contributed by atoms with Crippen LogP contribution < -0.4 is 11.1 Å². The van der Waals surface area contributed by atoms with Gasteiger partial charge in [-0.25, -0.2) is 13.2 Å². The first-order chi connectivity index (χ1) is 10.5. The zero-order valence-electron chi connectivity index (χ0n) is 13.2. The number of carboxylic acids is 1. The number of carbonyl (C=O) groups is 2. The van der Waals surface area contributed by atoms with Gasteiger partial charge in [-0.1, -0.05) is 13.8 Å². The number of rotatable bonds is 5. The van der Waals surface area contributed by atoms with Gasteiger partial charge in [0.15, 0.2) is 15.4 Å². The SMILES string of the molecule is CC(C)C[C@H](N)C(=O)N[C@@]1(C(=O)O)CS(=O)(=O)[C@H]2C[C@H]21.Cl.O=C=O. The van der Waals surface area contributed by atoms with E-state index in [-0.39, 0.29) is 24.5 Å². The van der Waals surface area contributed by atoms with Crippen molar-refractivity contribution in [2.75, 3.05) is 5.75 Å². The topological polar surface area (TPSA) is 161 Å². The summed E-state index contributed by atoms with van der Waals surface area (Å²) < 4.78 is 23.6. The summed E-state index contributed by atoms with van der Waals surface area (Å²) >= 11 is 0. The van der Waals surface area contributed by atoms with Crippen LogP contribution in [0.1, 0.15) is 26.7 Å². The number of amides is 1. The molecule has 9 nitrogen and oxygen atoms in total. The number of hydrogen-bond donors (Lipinski definition) is 3. The summed E-state index contributed by atoms with van der Waals surface area (Å²) in [5, 5.41) is 11.2. The van der Waals surface area contributed by atoms with Crippen LogP contribution in [-0.4, -0.2) is 54.1 Å². The van der Waals surface area contributed by atoms with Crippen LogP contribution in [0.5, 0.6) is 0 Å². The molecule has 11 heteroatoms. The number of nitrogens with one attached hydrogen (secondary N) is 1. The van der Waals surface area contributed by atoms with Gasteiger partial charge in [0.25, 0.3) is 0 Å². The minimum Gasteiger partial charge on any atom is -0.479 e. The van der Waals surface area contributed by atoms with Gasteiger partial charge in [-0.2, -0.15) is 9.59 Å². The highest BCUT2D eigenvalue weighted by atomic mass is 35.5. The number of fused-ring (bicyclic) bond motifs is 1. The second-order valence-electron chi connectivity index (χ2n) is 6.27. The fourth-order valence-electron chi connectivity index (χ4n) is 2.95. The second-order valence-corrected chi connectivity index (χ2v) is 8.49. The van der Waals surface area contributed by atoms with Gasteiger partial charge >= 0.3 is 12.1 Å². The smallest absolute Gasteiger partial charge is 0.373 e. The third-order valence-corrected chi connectivity index (χ3v) is 6.35. The predicted molar refractivity (Wildman–Crippen MR) is 83.9 cm³/mol. The lowest BCUT2D eigenvalue weighted by atomic mass is 9.94. The van der Waals surface area contributed by atoms with Crippen molar-refractivity contribution in [1.82, 2.24) is 5.32 Å². The van der Waals surface area contributed by atoms with E-state index in [4.69, 9.17) is 15.3 Å². The van der Waals surface area contributed by atoms with E-state index in [2.05, 4.69) is 5.32 Å². The standard InChI is InChI=1S/C12H20N2O5S.CO2.ClH/c1-6(2)3-8(13)10(15)14-12(11(16)17)5-20(18,19)9-4-7(9)12;2-1-3;/h6-9H,3-5,13H2,1-2H3,(H,14,15)(H,16,17);;1H/t7-,8+,9+,12+;;/m1../s1. The van der Waals surface area contributed by atoms with E-state index in [9.17, 15) is 23.1 Å². The highest BCUT2D eigenvalue weighted by Gasteiger charge is 2.70. The van der Waals surface area contributed by atoms with Crippen molar-refractivity contribution in [1.29, 1.82) is 0 Å². The molecule has 1 amide bonds. The molecule has 0 aromatic carbocycles. The molecule has 1 saturated carbocycles. The maximum atomic E-state index is 12.0. The Morgan fingerprint density at radius 3 is 2.17 bits per heavy atom. The molecule has 2 fully saturated rings. The van der Waals surface area contributed by atoms with Crippen molar-refractivity contribution in [3.8, 4) is 0 Å². The fourth-order valence-corrected chi connectivity index (χ4v) is 5.44. The summed E-state index contributed by atoms with van der Waals surface area (Å²) in [6, 6.07) is -0.827. The molecule has 0 aromatic rings. The molecule has 0 bridgehead atoms. The van der Waals surface area contributed by atoms with E-state index >= 15 is 0 Å². The summed E-state index contributed by atoms with van der Waals surface area (Å²) in [6.45, 7) is 3.80. The van der Waals surface area contributed by atoms with Crippen molar-refractivity contribution >= 4 is 40.3 Å². The number of carboxylic acid groups (broad SMARTS) is 1. The highest BCUT2D eigenvalue weighted by Crippen LogP contribution is 2.52. The molecule has 2 rings (SSSR count). The first-order valence-electron chi connectivity index (χ1n) is 7.03. The molecule has 1 heterocycles. The van der Waals surface area contributed by atoms with Crippen LogP contribution in [0.2, 0.25) is 0 Å². The van der Waals surface area contributed by atoms with Gasteiger partial charge < -0.3 is 16.2 Å². The predicted octanol–water partition coefficient (Wildman–Crippen LogP) is -1.05. The summed E-state index contributed by atoms with van der Waals surface area (Å²) in [4.78, 5) is 39.8. The molecule has 0 radical (unpaired) electrons. The van der Waals surface area contributed by atoms with Crippen molar-refractivity contribution in [2.45, 2.75) is 43.5 Å². The monoisotopic (exact) mass is 384 g/mol. The Bertz CT molecular complexity index is 630. The Balaban J connectivity index is 0.00000123. The third kappa shape index (κ3) is 4.54.